The van der Waals surface area contributed by atoms with Crippen LogP contribution < -0.4 is 18.9 Å². The Hall–Kier alpha value is -6.58. The van der Waals surface area contributed by atoms with E-state index in [0.717, 1.165) is 68.6 Å². The second kappa shape index (κ2) is 18.0. The van der Waals surface area contributed by atoms with Crippen LogP contribution >= 0.6 is 0 Å². The van der Waals surface area contributed by atoms with Gasteiger partial charge >= 0.3 is 5.97 Å². The summed E-state index contributed by atoms with van der Waals surface area (Å²) in [7, 11) is 0. The number of rotatable bonds is 10. The first-order valence-corrected chi connectivity index (χ1v) is 20.8. The largest absolute Gasteiger partial charge is 0.484 e. The Labute approximate surface area is 353 Å². The fourth-order valence-corrected chi connectivity index (χ4v) is 7.83. The molecule has 6 aromatic rings. The monoisotopic (exact) mass is 824 g/mol. The molecule has 4 aliphatic rings. The SMILES string of the molecule is CCC(=O)c1cn2c(n1)CN(Cc1ccc([C@H]3COc4cccnc4O3)cc1)CC2.CCOC(=O)c1cn2c(n1)CN(Cc1ccc([C@H]3COc4cccnc4O3)cc1)CC2. The van der Waals surface area contributed by atoms with Crippen LogP contribution in [0.3, 0.4) is 0 Å². The summed E-state index contributed by atoms with van der Waals surface area (Å²) >= 11 is 0. The quantitative estimate of drug-likeness (QED) is 0.111. The Kier molecular flexibility index (Phi) is 11.7. The zero-order valence-corrected chi connectivity index (χ0v) is 34.3. The van der Waals surface area contributed by atoms with Crippen LogP contribution in [0.5, 0.6) is 23.3 Å². The minimum atomic E-state index is -0.363. The molecule has 4 aliphatic heterocycles. The average Bonchev–Trinajstić information content (AvgIpc) is 3.94. The Balaban J connectivity index is 0.000000156. The summed E-state index contributed by atoms with van der Waals surface area (Å²) in [5.74, 6) is 4.06. The molecule has 0 N–H and O–H groups in total. The van der Waals surface area contributed by atoms with Crippen LogP contribution in [0.1, 0.15) is 87.4 Å². The number of pyridine rings is 2. The molecule has 0 fully saturated rings. The van der Waals surface area contributed by atoms with Crippen molar-refractivity contribution >= 4 is 11.8 Å². The number of carbonyl (C=O) groups excluding carboxylic acids is 2. The van der Waals surface area contributed by atoms with E-state index in [1.54, 1.807) is 25.5 Å². The van der Waals surface area contributed by atoms with Crippen molar-refractivity contribution in [2.45, 2.75) is 71.7 Å². The highest BCUT2D eigenvalue weighted by Crippen LogP contribution is 2.35. The van der Waals surface area contributed by atoms with Crippen LogP contribution in [0.2, 0.25) is 0 Å². The number of imidazole rings is 2. The van der Waals surface area contributed by atoms with Crippen molar-refractivity contribution in [3.8, 4) is 23.3 Å². The number of hydrogen-bond donors (Lipinski definition) is 0. The lowest BCUT2D eigenvalue weighted by Gasteiger charge is -2.28. The minimum Gasteiger partial charge on any atom is -0.484 e. The molecule has 15 heteroatoms. The summed E-state index contributed by atoms with van der Waals surface area (Å²) in [6, 6.07) is 24.3. The molecule has 0 spiro atoms. The molecule has 8 heterocycles. The van der Waals surface area contributed by atoms with E-state index in [1.165, 1.54) is 11.1 Å². The second-order valence-corrected chi connectivity index (χ2v) is 15.3. The first-order valence-electron chi connectivity index (χ1n) is 20.8. The van der Waals surface area contributed by atoms with Gasteiger partial charge in [-0.1, -0.05) is 55.5 Å². The zero-order chi connectivity index (χ0) is 41.7. The van der Waals surface area contributed by atoms with Gasteiger partial charge < -0.3 is 32.8 Å². The minimum absolute atomic E-state index is 0.103. The van der Waals surface area contributed by atoms with E-state index < -0.39 is 0 Å². The van der Waals surface area contributed by atoms with Crippen LogP contribution in [0, 0.1) is 0 Å². The van der Waals surface area contributed by atoms with Crippen LogP contribution in [0.25, 0.3) is 0 Å². The molecule has 0 unspecified atom stereocenters. The van der Waals surface area contributed by atoms with Gasteiger partial charge in [0.1, 0.15) is 30.6 Å². The van der Waals surface area contributed by atoms with Gasteiger partial charge in [0.25, 0.3) is 11.8 Å². The van der Waals surface area contributed by atoms with Crippen molar-refractivity contribution in [1.82, 2.24) is 38.9 Å². The molecule has 10 rings (SSSR count). The molecule has 0 aliphatic carbocycles. The lowest BCUT2D eigenvalue weighted by atomic mass is 10.1. The Morgan fingerprint density at radius 1 is 0.656 bits per heavy atom. The number of Topliss-reactive ketones (excluding diaryl/α,β-unsaturated/α-hetero) is 1. The summed E-state index contributed by atoms with van der Waals surface area (Å²) < 4.78 is 32.7. The number of benzene rings is 2. The highest BCUT2D eigenvalue weighted by molar-refractivity contribution is 5.93. The van der Waals surface area contributed by atoms with Gasteiger partial charge in [-0.15, -0.1) is 0 Å². The Morgan fingerprint density at radius 2 is 1.15 bits per heavy atom. The first kappa shape index (κ1) is 39.9. The predicted molar refractivity (Wildman–Crippen MR) is 222 cm³/mol. The van der Waals surface area contributed by atoms with Gasteiger partial charge in [0.05, 0.1) is 19.7 Å². The lowest BCUT2D eigenvalue weighted by molar-refractivity contribution is 0.0519. The van der Waals surface area contributed by atoms with Gasteiger partial charge in [-0.3, -0.25) is 14.6 Å². The molecule has 0 bridgehead atoms. The normalized spacial score (nSPS) is 17.9. The number of aromatic nitrogens is 6. The number of ketones is 1. The third-order valence-electron chi connectivity index (χ3n) is 11.1. The fourth-order valence-electron chi connectivity index (χ4n) is 7.83. The number of carbonyl (C=O) groups is 2. The van der Waals surface area contributed by atoms with E-state index in [2.05, 4.69) is 82.8 Å². The van der Waals surface area contributed by atoms with Gasteiger partial charge in [-0.05, 0) is 53.4 Å². The molecule has 0 radical (unpaired) electrons. The van der Waals surface area contributed by atoms with Crippen molar-refractivity contribution in [3.05, 3.63) is 143 Å². The first-order chi connectivity index (χ1) is 29.9. The van der Waals surface area contributed by atoms with Crippen LogP contribution in [0.15, 0.2) is 97.6 Å². The maximum Gasteiger partial charge on any atom is 0.358 e. The van der Waals surface area contributed by atoms with E-state index in [9.17, 15) is 9.59 Å². The molecule has 0 saturated heterocycles. The number of hydrogen-bond acceptors (Lipinski definition) is 13. The average molecular weight is 825 g/mol. The number of fused-ring (bicyclic) bond motifs is 4. The molecular weight excluding hydrogens is 777 g/mol. The standard InChI is InChI=1S/C23H24N4O4.C23H24N4O3/c1-2-29-23(28)18-13-27-11-10-26(14-21(27)25-18)12-16-5-7-17(8-6-16)20-15-30-19-4-3-9-24-22(19)31-20;1-2-19(28)18-13-27-11-10-26(14-22(27)25-18)12-16-5-7-17(8-6-16)21-15-29-20-4-3-9-24-23(20)30-21/h3-9,13,20H,2,10-12,14-15H2,1H3;3-9,13,21H,2,10-12,14-15H2,1H3/t20-;21-/m11/s1. The molecule has 2 atom stereocenters. The van der Waals surface area contributed by atoms with E-state index in [1.807, 2.05) is 42.0 Å². The lowest BCUT2D eigenvalue weighted by Crippen LogP contribution is -2.33. The molecule has 0 amide bonds. The van der Waals surface area contributed by atoms with Crippen molar-refractivity contribution < 1.29 is 33.3 Å². The van der Waals surface area contributed by atoms with E-state index in [0.29, 0.717) is 67.4 Å². The number of esters is 1. The molecule has 61 heavy (non-hydrogen) atoms. The van der Waals surface area contributed by atoms with Crippen molar-refractivity contribution in [1.29, 1.82) is 0 Å². The van der Waals surface area contributed by atoms with Crippen LogP contribution in [-0.4, -0.2) is 83.5 Å². The number of nitrogens with zero attached hydrogens (tertiary/aromatic N) is 8. The highest BCUT2D eigenvalue weighted by Gasteiger charge is 2.26. The third-order valence-corrected chi connectivity index (χ3v) is 11.1. The number of ether oxygens (including phenoxy) is 5. The van der Waals surface area contributed by atoms with Crippen LogP contribution in [-0.2, 0) is 44.0 Å². The van der Waals surface area contributed by atoms with Crippen molar-refractivity contribution in [2.75, 3.05) is 32.9 Å². The van der Waals surface area contributed by atoms with Gasteiger partial charge in [0.2, 0.25) is 0 Å². The van der Waals surface area contributed by atoms with E-state index in [-0.39, 0.29) is 24.0 Å². The van der Waals surface area contributed by atoms with Crippen molar-refractivity contribution in [3.63, 3.8) is 0 Å². The van der Waals surface area contributed by atoms with Gasteiger partial charge in [0, 0.05) is 70.5 Å². The van der Waals surface area contributed by atoms with Gasteiger partial charge in [-0.25, -0.2) is 24.7 Å². The molecule has 15 nitrogen and oxygen atoms in total. The summed E-state index contributed by atoms with van der Waals surface area (Å²) in [4.78, 5) is 46.0. The summed E-state index contributed by atoms with van der Waals surface area (Å²) in [5, 5.41) is 0. The Bertz CT molecular complexity index is 2480. The van der Waals surface area contributed by atoms with Crippen molar-refractivity contribution in [2.24, 2.45) is 0 Å². The second-order valence-electron chi connectivity index (χ2n) is 15.3. The maximum absolute atomic E-state index is 11.9. The zero-order valence-electron chi connectivity index (χ0n) is 34.3. The van der Waals surface area contributed by atoms with E-state index in [4.69, 9.17) is 23.7 Å². The summed E-state index contributed by atoms with van der Waals surface area (Å²) in [6.07, 6.45) is 7.26. The molecular formula is C46H48N8O7. The summed E-state index contributed by atoms with van der Waals surface area (Å²) in [6.45, 7) is 11.6. The molecule has 314 valence electrons. The van der Waals surface area contributed by atoms with Gasteiger partial charge in [-0.2, -0.15) is 0 Å². The van der Waals surface area contributed by atoms with Gasteiger partial charge in [0.15, 0.2) is 35.2 Å². The fraction of sp³-hybridized carbons (Fsp3) is 0.348. The summed E-state index contributed by atoms with van der Waals surface area (Å²) in [5.41, 5.74) is 5.56. The molecule has 2 aromatic carbocycles. The Morgan fingerprint density at radius 3 is 1.64 bits per heavy atom. The smallest absolute Gasteiger partial charge is 0.358 e. The topological polar surface area (TPSA) is 148 Å². The van der Waals surface area contributed by atoms with E-state index >= 15 is 0 Å². The predicted octanol–water partition coefficient (Wildman–Crippen LogP) is 6.38. The molecule has 0 saturated carbocycles. The maximum atomic E-state index is 11.9. The molecule has 4 aromatic heterocycles. The van der Waals surface area contributed by atoms with Crippen LogP contribution in [0.4, 0.5) is 0 Å². The highest BCUT2D eigenvalue weighted by atomic mass is 16.6. The third kappa shape index (κ3) is 9.12.